The van der Waals surface area contributed by atoms with Crippen LogP contribution < -0.4 is 11.5 Å². The summed E-state index contributed by atoms with van der Waals surface area (Å²) < 4.78 is 0. The molecule has 3 aromatic rings. The van der Waals surface area contributed by atoms with Crippen LogP contribution >= 0.6 is 23.2 Å². The van der Waals surface area contributed by atoms with Crippen molar-refractivity contribution in [2.45, 2.75) is 0 Å². The van der Waals surface area contributed by atoms with Gasteiger partial charge in [0.15, 0.2) is 0 Å². The normalized spacial score (nSPS) is 9.75. The summed E-state index contributed by atoms with van der Waals surface area (Å²) in [4.78, 5) is 15.0. The molecule has 0 fully saturated rings. The molecule has 0 aliphatic heterocycles. The second kappa shape index (κ2) is 8.34. The highest BCUT2D eigenvalue weighted by molar-refractivity contribution is 6.67. The first-order chi connectivity index (χ1) is 11.5. The van der Waals surface area contributed by atoms with E-state index in [1.807, 2.05) is 30.3 Å². The fourth-order valence-corrected chi connectivity index (χ4v) is 2.32. The molecule has 4 nitrogen and oxygen atoms in total. The number of rotatable bonds is 2. The van der Waals surface area contributed by atoms with E-state index in [2.05, 4.69) is 4.98 Å². The van der Waals surface area contributed by atoms with Gasteiger partial charge in [-0.05, 0) is 54.1 Å². The van der Waals surface area contributed by atoms with Crippen LogP contribution in [0.4, 0.5) is 11.4 Å². The molecule has 24 heavy (non-hydrogen) atoms. The van der Waals surface area contributed by atoms with E-state index in [9.17, 15) is 4.79 Å². The molecule has 0 radical (unpaired) electrons. The van der Waals surface area contributed by atoms with E-state index in [-0.39, 0.29) is 0 Å². The molecule has 0 unspecified atom stereocenters. The number of hydrogen-bond acceptors (Lipinski definition) is 4. The van der Waals surface area contributed by atoms with Crippen LogP contribution in [0.2, 0.25) is 5.02 Å². The Labute approximate surface area is 150 Å². The third kappa shape index (κ3) is 5.26. The highest BCUT2D eigenvalue weighted by atomic mass is 35.5. The molecule has 1 aromatic heterocycles. The predicted molar refractivity (Wildman–Crippen MR) is 100 cm³/mol. The smallest absolute Gasteiger partial charge is 0.252 e. The van der Waals surface area contributed by atoms with Crippen molar-refractivity contribution in [1.29, 1.82) is 0 Å². The highest BCUT2D eigenvalue weighted by Crippen LogP contribution is 2.18. The summed E-state index contributed by atoms with van der Waals surface area (Å²) in [7, 11) is 0. The lowest BCUT2D eigenvalue weighted by Gasteiger charge is -2.00. The molecule has 0 spiro atoms. The second-order valence-electron chi connectivity index (χ2n) is 4.88. The van der Waals surface area contributed by atoms with Gasteiger partial charge in [0.05, 0.1) is 5.69 Å². The van der Waals surface area contributed by atoms with Crippen molar-refractivity contribution in [2.75, 3.05) is 11.5 Å². The van der Waals surface area contributed by atoms with Crippen molar-refractivity contribution < 1.29 is 4.79 Å². The first kappa shape index (κ1) is 17.8. The molecule has 6 heteroatoms. The van der Waals surface area contributed by atoms with Gasteiger partial charge in [-0.1, -0.05) is 29.8 Å². The Morgan fingerprint density at radius 3 is 2.00 bits per heavy atom. The van der Waals surface area contributed by atoms with E-state index in [0.29, 0.717) is 22.0 Å². The Kier molecular flexibility index (Phi) is 6.18. The fourth-order valence-electron chi connectivity index (χ4n) is 1.94. The molecule has 0 saturated heterocycles. The van der Waals surface area contributed by atoms with Crippen LogP contribution in [-0.4, -0.2) is 10.2 Å². The van der Waals surface area contributed by atoms with Crippen LogP contribution in [0.25, 0.3) is 11.3 Å². The van der Waals surface area contributed by atoms with Gasteiger partial charge in [-0.3, -0.25) is 9.78 Å². The number of halogens is 2. The average molecular weight is 360 g/mol. The molecule has 4 N–H and O–H groups in total. The van der Waals surface area contributed by atoms with Crippen LogP contribution in [0, 0.1) is 0 Å². The first-order valence-corrected chi connectivity index (χ1v) is 7.74. The molecule has 3 rings (SSSR count). The molecule has 0 saturated carbocycles. The summed E-state index contributed by atoms with van der Waals surface area (Å²) in [5, 5.41) is 0.134. The number of hydrogen-bond donors (Lipinski definition) is 2. The average Bonchev–Trinajstić information content (AvgIpc) is 2.55. The maximum atomic E-state index is 10.8. The van der Waals surface area contributed by atoms with Gasteiger partial charge < -0.3 is 11.5 Å². The Morgan fingerprint density at radius 2 is 1.54 bits per heavy atom. The summed E-state index contributed by atoms with van der Waals surface area (Å²) in [6, 6.07) is 17.7. The van der Waals surface area contributed by atoms with Gasteiger partial charge in [-0.2, -0.15) is 0 Å². The zero-order valence-electron chi connectivity index (χ0n) is 12.6. The van der Waals surface area contributed by atoms with E-state index in [1.54, 1.807) is 36.5 Å². The summed E-state index contributed by atoms with van der Waals surface area (Å²) in [5.74, 6) is 0. The topological polar surface area (TPSA) is 82.0 Å². The minimum Gasteiger partial charge on any atom is -0.399 e. The number of carbonyl (C=O) groups is 1. The number of nitrogen functional groups attached to an aromatic ring is 2. The van der Waals surface area contributed by atoms with Crippen molar-refractivity contribution >= 4 is 39.8 Å². The number of aromatic nitrogens is 1. The summed E-state index contributed by atoms with van der Waals surface area (Å²) in [6.07, 6.45) is 1.73. The maximum absolute atomic E-state index is 10.8. The lowest BCUT2D eigenvalue weighted by Crippen LogP contribution is -1.88. The molecule has 0 atom stereocenters. The molecule has 1 heterocycles. The summed E-state index contributed by atoms with van der Waals surface area (Å²) >= 11 is 10.9. The lowest BCUT2D eigenvalue weighted by atomic mass is 10.1. The zero-order chi connectivity index (χ0) is 17.5. The summed E-state index contributed by atoms with van der Waals surface area (Å²) in [5.41, 5.74) is 14.3. The highest BCUT2D eigenvalue weighted by Gasteiger charge is 2.02. The Morgan fingerprint density at radius 1 is 0.917 bits per heavy atom. The molecule has 0 aliphatic carbocycles. The molecule has 122 valence electrons. The van der Waals surface area contributed by atoms with Gasteiger partial charge in [0.25, 0.3) is 5.24 Å². The van der Waals surface area contributed by atoms with Crippen LogP contribution in [0.5, 0.6) is 0 Å². The van der Waals surface area contributed by atoms with Crippen LogP contribution in [-0.2, 0) is 0 Å². The standard InChI is InChI=1S/C12H8ClNO.C6H7ClN2/c13-12(15)10-6-4-9(5-7-10)11-3-1-2-8-14-11;7-4-1-5(8)3-6(9)2-4/h1-8H;1-3H,8-9H2. The van der Waals surface area contributed by atoms with Gasteiger partial charge in [-0.15, -0.1) is 0 Å². The lowest BCUT2D eigenvalue weighted by molar-refractivity contribution is 0.108. The van der Waals surface area contributed by atoms with Gasteiger partial charge in [0, 0.05) is 33.7 Å². The van der Waals surface area contributed by atoms with Crippen molar-refractivity contribution in [1.82, 2.24) is 4.98 Å². The number of pyridine rings is 1. The molecular weight excluding hydrogens is 345 g/mol. The van der Waals surface area contributed by atoms with Crippen LogP contribution in [0.3, 0.4) is 0 Å². The SMILES string of the molecule is Nc1cc(N)cc(Cl)c1.O=C(Cl)c1ccc(-c2ccccn2)cc1. The minimum atomic E-state index is -0.442. The zero-order valence-corrected chi connectivity index (χ0v) is 14.1. The van der Waals surface area contributed by atoms with Crippen molar-refractivity contribution in [2.24, 2.45) is 0 Å². The molecule has 0 amide bonds. The number of carbonyl (C=O) groups excluding carboxylic acids is 1. The quantitative estimate of drug-likeness (QED) is 0.516. The second-order valence-corrected chi connectivity index (χ2v) is 5.66. The fraction of sp³-hybridized carbons (Fsp3) is 0. The van der Waals surface area contributed by atoms with Crippen molar-refractivity contribution in [3.05, 3.63) is 77.4 Å². The van der Waals surface area contributed by atoms with E-state index >= 15 is 0 Å². The van der Waals surface area contributed by atoms with Gasteiger partial charge in [-0.25, -0.2) is 0 Å². The molecular formula is C18H15Cl2N3O. The summed E-state index contributed by atoms with van der Waals surface area (Å²) in [6.45, 7) is 0. The third-order valence-corrected chi connectivity index (χ3v) is 3.45. The van der Waals surface area contributed by atoms with E-state index in [1.165, 1.54) is 0 Å². The molecule has 2 aromatic carbocycles. The Hall–Kier alpha value is -2.56. The van der Waals surface area contributed by atoms with E-state index < -0.39 is 5.24 Å². The van der Waals surface area contributed by atoms with E-state index in [4.69, 9.17) is 34.7 Å². The largest absolute Gasteiger partial charge is 0.399 e. The van der Waals surface area contributed by atoms with Gasteiger partial charge in [0.1, 0.15) is 0 Å². The monoisotopic (exact) mass is 359 g/mol. The van der Waals surface area contributed by atoms with Crippen LogP contribution in [0.1, 0.15) is 10.4 Å². The Bertz CT molecular complexity index is 771. The van der Waals surface area contributed by atoms with Crippen molar-refractivity contribution in [3.63, 3.8) is 0 Å². The predicted octanol–water partition coefficient (Wildman–Crippen LogP) is 4.63. The third-order valence-electron chi connectivity index (χ3n) is 3.01. The maximum Gasteiger partial charge on any atom is 0.252 e. The molecule has 0 aliphatic rings. The van der Waals surface area contributed by atoms with Crippen molar-refractivity contribution in [3.8, 4) is 11.3 Å². The van der Waals surface area contributed by atoms with Gasteiger partial charge in [0.2, 0.25) is 0 Å². The minimum absolute atomic E-state index is 0.442. The van der Waals surface area contributed by atoms with Crippen LogP contribution in [0.15, 0.2) is 66.9 Å². The number of nitrogens with zero attached hydrogens (tertiary/aromatic N) is 1. The Balaban J connectivity index is 0.000000198. The first-order valence-electron chi connectivity index (χ1n) is 6.98. The van der Waals surface area contributed by atoms with E-state index in [0.717, 1.165) is 11.3 Å². The number of nitrogens with two attached hydrogens (primary N) is 2. The van der Waals surface area contributed by atoms with Gasteiger partial charge >= 0.3 is 0 Å². The number of benzene rings is 2. The molecule has 0 bridgehead atoms. The number of anilines is 2.